The zero-order valence-corrected chi connectivity index (χ0v) is 15.3. The highest BCUT2D eigenvalue weighted by atomic mass is 32.2. The van der Waals surface area contributed by atoms with Crippen molar-refractivity contribution in [1.29, 1.82) is 0 Å². The molecular formula is C16H17N5O2S2. The van der Waals surface area contributed by atoms with Gasteiger partial charge in [0.05, 0.1) is 5.75 Å². The van der Waals surface area contributed by atoms with E-state index in [1.807, 2.05) is 6.07 Å². The summed E-state index contributed by atoms with van der Waals surface area (Å²) in [6.45, 7) is 1.78. The molecule has 0 unspecified atom stereocenters. The molecule has 1 fully saturated rings. The highest BCUT2D eigenvalue weighted by Crippen LogP contribution is 2.39. The van der Waals surface area contributed by atoms with E-state index in [9.17, 15) is 4.79 Å². The van der Waals surface area contributed by atoms with Gasteiger partial charge in [0.2, 0.25) is 5.91 Å². The lowest BCUT2D eigenvalue weighted by atomic mass is 10.3. The van der Waals surface area contributed by atoms with Gasteiger partial charge in [-0.3, -0.25) is 4.79 Å². The number of amides is 1. The standard InChI is InChI=1S/C16H17N5O2S2/c1-10-7-13(20-23-10)17-15(22)9-25-16-19-18-14(21(16)11-4-5-11)8-12-3-2-6-24-12/h2-3,6-7,11H,4-5,8-9H2,1H3,(H,17,20,22). The zero-order chi connectivity index (χ0) is 17.2. The lowest BCUT2D eigenvalue weighted by molar-refractivity contribution is -0.113. The molecule has 0 saturated heterocycles. The lowest BCUT2D eigenvalue weighted by Gasteiger charge is -2.08. The van der Waals surface area contributed by atoms with Crippen LogP contribution in [0, 0.1) is 6.92 Å². The van der Waals surface area contributed by atoms with Crippen LogP contribution in [0.5, 0.6) is 0 Å². The van der Waals surface area contributed by atoms with Gasteiger partial charge in [-0.2, -0.15) is 0 Å². The first kappa shape index (κ1) is 16.3. The number of hydrogen-bond donors (Lipinski definition) is 1. The average Bonchev–Trinajstić information content (AvgIpc) is 2.97. The quantitative estimate of drug-likeness (QED) is 0.638. The number of hydrogen-bond acceptors (Lipinski definition) is 7. The van der Waals surface area contributed by atoms with Gasteiger partial charge in [-0.15, -0.1) is 21.5 Å². The summed E-state index contributed by atoms with van der Waals surface area (Å²) in [6, 6.07) is 6.31. The van der Waals surface area contributed by atoms with Crippen molar-refractivity contribution in [3.05, 3.63) is 40.0 Å². The van der Waals surface area contributed by atoms with E-state index in [1.165, 1.54) is 16.6 Å². The fraction of sp³-hybridized carbons (Fsp3) is 0.375. The molecule has 1 N–H and O–H groups in total. The Hall–Kier alpha value is -2.13. The van der Waals surface area contributed by atoms with Crippen LogP contribution in [0.1, 0.15) is 35.3 Å². The second-order valence-corrected chi connectivity index (χ2v) is 7.89. The highest BCUT2D eigenvalue weighted by Gasteiger charge is 2.30. The predicted molar refractivity (Wildman–Crippen MR) is 96.0 cm³/mol. The van der Waals surface area contributed by atoms with E-state index in [0.29, 0.717) is 17.6 Å². The van der Waals surface area contributed by atoms with E-state index in [2.05, 4.69) is 36.7 Å². The molecule has 3 aromatic rings. The molecule has 3 heterocycles. The van der Waals surface area contributed by atoms with Gasteiger partial charge in [0.25, 0.3) is 0 Å². The van der Waals surface area contributed by atoms with Crippen LogP contribution in [0.25, 0.3) is 0 Å². The number of carbonyl (C=O) groups is 1. The first-order chi connectivity index (χ1) is 12.2. The maximum atomic E-state index is 12.1. The van der Waals surface area contributed by atoms with E-state index < -0.39 is 0 Å². The summed E-state index contributed by atoms with van der Waals surface area (Å²) in [6.07, 6.45) is 3.08. The Kier molecular flexibility index (Phi) is 4.58. The second kappa shape index (κ2) is 7.01. The number of aryl methyl sites for hydroxylation is 1. The monoisotopic (exact) mass is 375 g/mol. The van der Waals surface area contributed by atoms with Gasteiger partial charge < -0.3 is 14.4 Å². The molecule has 9 heteroatoms. The normalized spacial score (nSPS) is 14.0. The summed E-state index contributed by atoms with van der Waals surface area (Å²) < 4.78 is 7.14. The molecular weight excluding hydrogens is 358 g/mol. The maximum absolute atomic E-state index is 12.1. The number of anilines is 1. The third-order valence-corrected chi connectivity index (χ3v) is 5.61. The largest absolute Gasteiger partial charge is 0.360 e. The Bertz CT molecular complexity index is 867. The minimum absolute atomic E-state index is 0.136. The number of thioether (sulfide) groups is 1. The van der Waals surface area contributed by atoms with Crippen LogP contribution in [0.2, 0.25) is 0 Å². The van der Waals surface area contributed by atoms with Crippen LogP contribution >= 0.6 is 23.1 Å². The smallest absolute Gasteiger partial charge is 0.236 e. The first-order valence-corrected chi connectivity index (χ1v) is 9.87. The van der Waals surface area contributed by atoms with Crippen LogP contribution in [-0.2, 0) is 11.2 Å². The van der Waals surface area contributed by atoms with Gasteiger partial charge in [-0.05, 0) is 31.2 Å². The molecule has 1 aliphatic rings. The number of thiophene rings is 1. The summed E-state index contributed by atoms with van der Waals surface area (Å²) in [5.41, 5.74) is 0. The van der Waals surface area contributed by atoms with Crippen molar-refractivity contribution in [2.24, 2.45) is 0 Å². The summed E-state index contributed by atoms with van der Waals surface area (Å²) in [5.74, 6) is 2.19. The maximum Gasteiger partial charge on any atom is 0.236 e. The van der Waals surface area contributed by atoms with Crippen molar-refractivity contribution in [1.82, 2.24) is 19.9 Å². The van der Waals surface area contributed by atoms with Crippen molar-refractivity contribution in [3.8, 4) is 0 Å². The van der Waals surface area contributed by atoms with Crippen molar-refractivity contribution >= 4 is 34.8 Å². The summed E-state index contributed by atoms with van der Waals surface area (Å²) in [7, 11) is 0. The minimum Gasteiger partial charge on any atom is -0.360 e. The molecule has 0 aliphatic heterocycles. The lowest BCUT2D eigenvalue weighted by Crippen LogP contribution is -2.15. The van der Waals surface area contributed by atoms with Crippen molar-refractivity contribution in [2.75, 3.05) is 11.1 Å². The molecule has 1 aliphatic carbocycles. The van der Waals surface area contributed by atoms with Gasteiger partial charge >= 0.3 is 0 Å². The Morgan fingerprint density at radius 1 is 1.48 bits per heavy atom. The fourth-order valence-electron chi connectivity index (χ4n) is 2.53. The second-order valence-electron chi connectivity index (χ2n) is 5.92. The third kappa shape index (κ3) is 3.93. The first-order valence-electron chi connectivity index (χ1n) is 8.01. The van der Waals surface area contributed by atoms with Gasteiger partial charge in [0, 0.05) is 23.4 Å². The van der Waals surface area contributed by atoms with Crippen LogP contribution in [0.3, 0.4) is 0 Å². The Labute approximate surface area is 152 Å². The Balaban J connectivity index is 1.41. The molecule has 1 saturated carbocycles. The minimum atomic E-state index is -0.136. The summed E-state index contributed by atoms with van der Waals surface area (Å²) in [5, 5.41) is 18.0. The molecule has 130 valence electrons. The number of nitrogens with one attached hydrogen (secondary N) is 1. The highest BCUT2D eigenvalue weighted by molar-refractivity contribution is 7.99. The summed E-state index contributed by atoms with van der Waals surface area (Å²) >= 11 is 3.13. The topological polar surface area (TPSA) is 85.8 Å². The average molecular weight is 375 g/mol. The SMILES string of the molecule is Cc1cc(NC(=O)CSc2nnc(Cc3cccs3)n2C2CC2)no1. The van der Waals surface area contributed by atoms with Gasteiger partial charge in [0.15, 0.2) is 11.0 Å². The molecule has 3 aromatic heterocycles. The zero-order valence-electron chi connectivity index (χ0n) is 13.6. The molecule has 0 aromatic carbocycles. The van der Waals surface area contributed by atoms with Crippen LogP contribution in [0.4, 0.5) is 5.82 Å². The van der Waals surface area contributed by atoms with Gasteiger partial charge in [-0.25, -0.2) is 0 Å². The molecule has 0 atom stereocenters. The molecule has 25 heavy (non-hydrogen) atoms. The fourth-order valence-corrected chi connectivity index (χ4v) is 4.06. The van der Waals surface area contributed by atoms with E-state index in [-0.39, 0.29) is 11.7 Å². The number of aromatic nitrogens is 4. The molecule has 0 radical (unpaired) electrons. The molecule has 7 nitrogen and oxygen atoms in total. The van der Waals surface area contributed by atoms with E-state index in [1.54, 1.807) is 24.3 Å². The number of carbonyl (C=O) groups excluding carboxylic acids is 1. The van der Waals surface area contributed by atoms with Crippen molar-refractivity contribution < 1.29 is 9.32 Å². The number of rotatable bonds is 7. The third-order valence-electron chi connectivity index (χ3n) is 3.79. The number of nitrogens with zero attached hydrogens (tertiary/aromatic N) is 4. The predicted octanol–water partition coefficient (Wildman–Crippen LogP) is 3.29. The Morgan fingerprint density at radius 3 is 3.04 bits per heavy atom. The molecule has 4 rings (SSSR count). The molecule has 0 bridgehead atoms. The van der Waals surface area contributed by atoms with Crippen molar-refractivity contribution in [2.45, 2.75) is 37.4 Å². The van der Waals surface area contributed by atoms with Crippen molar-refractivity contribution in [3.63, 3.8) is 0 Å². The van der Waals surface area contributed by atoms with Gasteiger partial charge in [-0.1, -0.05) is 23.0 Å². The van der Waals surface area contributed by atoms with Crippen LogP contribution in [-0.4, -0.2) is 31.6 Å². The summed E-state index contributed by atoms with van der Waals surface area (Å²) in [4.78, 5) is 13.4. The van der Waals surface area contributed by atoms with Crippen LogP contribution < -0.4 is 5.32 Å². The molecule has 0 spiro atoms. The van der Waals surface area contributed by atoms with E-state index >= 15 is 0 Å². The van der Waals surface area contributed by atoms with E-state index in [4.69, 9.17) is 4.52 Å². The van der Waals surface area contributed by atoms with E-state index in [0.717, 1.165) is 30.2 Å². The van der Waals surface area contributed by atoms with Crippen LogP contribution in [0.15, 0.2) is 33.3 Å². The van der Waals surface area contributed by atoms with Gasteiger partial charge in [0.1, 0.15) is 11.6 Å². The molecule has 1 amide bonds. The Morgan fingerprint density at radius 2 is 2.36 bits per heavy atom.